The van der Waals surface area contributed by atoms with Crippen molar-refractivity contribution in [2.75, 3.05) is 19.0 Å². The van der Waals surface area contributed by atoms with Crippen molar-refractivity contribution < 1.29 is 27.8 Å². The van der Waals surface area contributed by atoms with E-state index in [1.807, 2.05) is 0 Å². The van der Waals surface area contributed by atoms with E-state index in [1.54, 1.807) is 37.4 Å². The molecule has 138 valence electrons. The molecule has 5 nitrogen and oxygen atoms in total. The first-order valence-electron chi connectivity index (χ1n) is 8.22. The zero-order valence-corrected chi connectivity index (χ0v) is 14.2. The first-order valence-corrected chi connectivity index (χ1v) is 8.22. The van der Waals surface area contributed by atoms with Crippen LogP contribution in [-0.2, 0) is 9.53 Å². The summed E-state index contributed by atoms with van der Waals surface area (Å²) in [5, 5.41) is 2.77. The highest BCUT2D eigenvalue weighted by atomic mass is 19.3. The van der Waals surface area contributed by atoms with Crippen LogP contribution in [0, 0.1) is 0 Å². The van der Waals surface area contributed by atoms with Crippen molar-refractivity contribution >= 4 is 11.6 Å². The highest BCUT2D eigenvalue weighted by Gasteiger charge is 2.24. The Morgan fingerprint density at radius 3 is 2.62 bits per heavy atom. The maximum Gasteiger partial charge on any atom is 0.387 e. The van der Waals surface area contributed by atoms with Crippen molar-refractivity contribution in [1.29, 1.82) is 0 Å². The second-order valence-corrected chi connectivity index (χ2v) is 5.81. The van der Waals surface area contributed by atoms with Crippen LogP contribution in [0.5, 0.6) is 11.5 Å². The van der Waals surface area contributed by atoms with E-state index in [-0.39, 0.29) is 11.7 Å². The first-order chi connectivity index (χ1) is 12.6. The van der Waals surface area contributed by atoms with Gasteiger partial charge in [-0.3, -0.25) is 4.79 Å². The van der Waals surface area contributed by atoms with Gasteiger partial charge in [0.15, 0.2) is 0 Å². The molecule has 2 aromatic rings. The molecule has 0 aliphatic carbocycles. The number of hydrogen-bond donors (Lipinski definition) is 1. The van der Waals surface area contributed by atoms with Gasteiger partial charge in [0, 0.05) is 17.9 Å². The number of alkyl halides is 2. The van der Waals surface area contributed by atoms with Crippen LogP contribution in [0.1, 0.15) is 12.8 Å². The van der Waals surface area contributed by atoms with Crippen LogP contribution >= 0.6 is 0 Å². The van der Waals surface area contributed by atoms with Crippen LogP contribution in [0.3, 0.4) is 0 Å². The Labute approximate surface area is 149 Å². The van der Waals surface area contributed by atoms with Crippen LogP contribution in [0.15, 0.2) is 42.5 Å². The predicted octanol–water partition coefficient (Wildman–Crippen LogP) is 4.08. The van der Waals surface area contributed by atoms with E-state index < -0.39 is 12.7 Å². The second kappa shape index (κ2) is 8.14. The lowest BCUT2D eigenvalue weighted by Crippen LogP contribution is -2.26. The van der Waals surface area contributed by atoms with Gasteiger partial charge in [0.2, 0.25) is 0 Å². The quantitative estimate of drug-likeness (QED) is 0.840. The maximum atomic E-state index is 12.7. The van der Waals surface area contributed by atoms with Crippen molar-refractivity contribution in [3.8, 4) is 22.6 Å². The number of carbonyl (C=O) groups is 1. The molecule has 1 saturated heterocycles. The molecule has 1 heterocycles. The minimum absolute atomic E-state index is 0.0280. The van der Waals surface area contributed by atoms with E-state index in [1.165, 1.54) is 12.1 Å². The Hall–Kier alpha value is -2.67. The Bertz CT molecular complexity index is 759. The molecule has 1 aliphatic heterocycles. The summed E-state index contributed by atoms with van der Waals surface area (Å²) in [6.07, 6.45) is 1.04. The molecule has 1 N–H and O–H groups in total. The summed E-state index contributed by atoms with van der Waals surface area (Å²) in [4.78, 5) is 12.2. The summed E-state index contributed by atoms with van der Waals surface area (Å²) in [6.45, 7) is -2.38. The summed E-state index contributed by atoms with van der Waals surface area (Å²) < 4.78 is 40.5. The third kappa shape index (κ3) is 4.29. The standard InChI is InChI=1S/C19H19F2NO4/c1-24-14-7-4-12(5-8-14)15-11-13(6-9-16(15)26-19(20)21)22-18(23)17-3-2-10-25-17/h4-9,11,17,19H,2-3,10H2,1H3,(H,22,23)/t17-/m1/s1. The van der Waals surface area contributed by atoms with Gasteiger partial charge >= 0.3 is 6.61 Å². The Kier molecular flexibility index (Phi) is 5.68. The van der Waals surface area contributed by atoms with Crippen LogP contribution in [0.2, 0.25) is 0 Å². The number of nitrogens with one attached hydrogen (secondary N) is 1. The number of methoxy groups -OCH3 is 1. The monoisotopic (exact) mass is 363 g/mol. The zero-order chi connectivity index (χ0) is 18.5. The van der Waals surface area contributed by atoms with Crippen LogP contribution in [0.4, 0.5) is 14.5 Å². The smallest absolute Gasteiger partial charge is 0.387 e. The largest absolute Gasteiger partial charge is 0.497 e. The number of ether oxygens (including phenoxy) is 3. The predicted molar refractivity (Wildman–Crippen MR) is 92.7 cm³/mol. The Balaban J connectivity index is 1.88. The summed E-state index contributed by atoms with van der Waals surface area (Å²) in [6, 6.07) is 11.5. The lowest BCUT2D eigenvalue weighted by Gasteiger charge is -2.15. The number of carbonyl (C=O) groups excluding carboxylic acids is 1. The number of benzene rings is 2. The zero-order valence-electron chi connectivity index (χ0n) is 14.2. The fraction of sp³-hybridized carbons (Fsp3) is 0.316. The van der Waals surface area contributed by atoms with E-state index in [9.17, 15) is 13.6 Å². The summed E-state index contributed by atoms with van der Waals surface area (Å²) in [5.74, 6) is 0.430. The minimum Gasteiger partial charge on any atom is -0.497 e. The number of rotatable bonds is 6. The maximum absolute atomic E-state index is 12.7. The van der Waals surface area contributed by atoms with Crippen LogP contribution < -0.4 is 14.8 Å². The molecular weight excluding hydrogens is 344 g/mol. The average Bonchev–Trinajstić information content (AvgIpc) is 3.17. The van der Waals surface area contributed by atoms with Crippen LogP contribution in [0.25, 0.3) is 11.1 Å². The van der Waals surface area contributed by atoms with Crippen molar-refractivity contribution in [3.63, 3.8) is 0 Å². The summed E-state index contributed by atoms with van der Waals surface area (Å²) >= 11 is 0. The molecule has 3 rings (SSSR count). The van der Waals surface area contributed by atoms with E-state index in [2.05, 4.69) is 10.1 Å². The van der Waals surface area contributed by atoms with Gasteiger partial charge in [-0.25, -0.2) is 0 Å². The number of anilines is 1. The normalized spacial score (nSPS) is 16.5. The van der Waals surface area contributed by atoms with Gasteiger partial charge in [-0.05, 0) is 48.7 Å². The summed E-state index contributed by atoms with van der Waals surface area (Å²) in [7, 11) is 1.54. The van der Waals surface area contributed by atoms with E-state index in [0.29, 0.717) is 35.6 Å². The topological polar surface area (TPSA) is 56.8 Å². The van der Waals surface area contributed by atoms with Gasteiger partial charge in [-0.2, -0.15) is 8.78 Å². The number of hydrogen-bond acceptors (Lipinski definition) is 4. The van der Waals surface area contributed by atoms with Gasteiger partial charge in [0.1, 0.15) is 17.6 Å². The first kappa shape index (κ1) is 18.1. The second-order valence-electron chi connectivity index (χ2n) is 5.81. The number of amides is 1. The highest BCUT2D eigenvalue weighted by Crippen LogP contribution is 2.34. The molecule has 0 unspecified atom stereocenters. The van der Waals surface area contributed by atoms with E-state index in [0.717, 1.165) is 6.42 Å². The lowest BCUT2D eigenvalue weighted by molar-refractivity contribution is -0.124. The SMILES string of the molecule is COc1ccc(-c2cc(NC(=O)[C@H]3CCCO3)ccc2OC(F)F)cc1. The lowest BCUT2D eigenvalue weighted by atomic mass is 10.0. The molecule has 7 heteroatoms. The molecule has 0 bridgehead atoms. The van der Waals surface area contributed by atoms with Gasteiger partial charge in [0.05, 0.1) is 7.11 Å². The van der Waals surface area contributed by atoms with Gasteiger partial charge in [-0.15, -0.1) is 0 Å². The molecule has 0 aromatic heterocycles. The molecule has 1 atom stereocenters. The molecule has 1 fully saturated rings. The molecule has 0 saturated carbocycles. The average molecular weight is 363 g/mol. The summed E-state index contributed by atoms with van der Waals surface area (Å²) in [5.41, 5.74) is 1.59. The van der Waals surface area contributed by atoms with Gasteiger partial charge in [0.25, 0.3) is 5.91 Å². The highest BCUT2D eigenvalue weighted by molar-refractivity contribution is 5.95. The van der Waals surface area contributed by atoms with Crippen molar-refractivity contribution in [2.45, 2.75) is 25.6 Å². The van der Waals surface area contributed by atoms with Crippen LogP contribution in [-0.4, -0.2) is 32.3 Å². The minimum atomic E-state index is -2.95. The van der Waals surface area contributed by atoms with Crippen molar-refractivity contribution in [2.24, 2.45) is 0 Å². The fourth-order valence-electron chi connectivity index (χ4n) is 2.81. The van der Waals surface area contributed by atoms with E-state index in [4.69, 9.17) is 9.47 Å². The molecule has 0 spiro atoms. The molecule has 1 aliphatic rings. The van der Waals surface area contributed by atoms with Crippen molar-refractivity contribution in [1.82, 2.24) is 0 Å². The third-order valence-corrected chi connectivity index (χ3v) is 4.09. The van der Waals surface area contributed by atoms with Gasteiger partial charge < -0.3 is 19.5 Å². The molecule has 26 heavy (non-hydrogen) atoms. The molecule has 0 radical (unpaired) electrons. The molecule has 2 aromatic carbocycles. The van der Waals surface area contributed by atoms with Crippen molar-refractivity contribution in [3.05, 3.63) is 42.5 Å². The third-order valence-electron chi connectivity index (χ3n) is 4.09. The molecule has 1 amide bonds. The Morgan fingerprint density at radius 1 is 1.23 bits per heavy atom. The number of halogens is 2. The van der Waals surface area contributed by atoms with Gasteiger partial charge in [-0.1, -0.05) is 12.1 Å². The fourth-order valence-corrected chi connectivity index (χ4v) is 2.81. The molecular formula is C19H19F2NO4. The Morgan fingerprint density at radius 2 is 2.00 bits per heavy atom. The van der Waals surface area contributed by atoms with E-state index >= 15 is 0 Å².